The molecule has 106 valence electrons. The molecule has 1 amide bonds. The Labute approximate surface area is 104 Å². The zero-order valence-corrected chi connectivity index (χ0v) is 11.8. The molecule has 0 unspecified atom stereocenters. The van der Waals surface area contributed by atoms with E-state index in [-0.39, 0.29) is 19.3 Å². The molecule has 0 bridgehead atoms. The molecule has 0 aliphatic carbocycles. The van der Waals surface area contributed by atoms with E-state index in [0.717, 1.165) is 0 Å². The van der Waals surface area contributed by atoms with Crippen molar-refractivity contribution < 1.29 is 33.5 Å². The van der Waals surface area contributed by atoms with Gasteiger partial charge in [0.25, 0.3) is 0 Å². The van der Waals surface area contributed by atoms with Gasteiger partial charge in [-0.3, -0.25) is 13.9 Å². The van der Waals surface area contributed by atoms with Crippen molar-refractivity contribution in [2.45, 2.75) is 38.1 Å². The van der Waals surface area contributed by atoms with Gasteiger partial charge in [-0.1, -0.05) is 13.8 Å². The standard InChI is InChI=1S/C8H17NO7P2/c1-3-7(4-2)5-6(10)9-8(7,17(11,12)13)18(14,15)16/h3-5H2,1-2H3,(H,9,10)(H2,11,12,13)(H2,14,15,16). The van der Waals surface area contributed by atoms with Crippen LogP contribution in [0, 0.1) is 5.41 Å². The number of carbonyl (C=O) groups excluding carboxylic acids is 1. The van der Waals surface area contributed by atoms with Gasteiger partial charge in [0.1, 0.15) is 0 Å². The number of hydrogen-bond donors (Lipinski definition) is 5. The van der Waals surface area contributed by atoms with Crippen molar-refractivity contribution in [2.24, 2.45) is 5.41 Å². The fourth-order valence-electron chi connectivity index (χ4n) is 2.73. The second kappa shape index (κ2) is 4.40. The number of nitrogens with one attached hydrogen (secondary N) is 1. The number of carbonyl (C=O) groups is 1. The third kappa shape index (κ3) is 1.88. The van der Waals surface area contributed by atoms with Gasteiger partial charge in [0.2, 0.25) is 10.9 Å². The summed E-state index contributed by atoms with van der Waals surface area (Å²) < 4.78 is 23.3. The topological polar surface area (TPSA) is 144 Å². The first-order chi connectivity index (χ1) is 7.97. The molecule has 18 heavy (non-hydrogen) atoms. The molecule has 0 aromatic carbocycles. The maximum atomic E-state index is 11.7. The molecule has 1 fully saturated rings. The van der Waals surface area contributed by atoms with Crippen LogP contribution in [0.3, 0.4) is 0 Å². The van der Waals surface area contributed by atoms with Crippen molar-refractivity contribution in [1.29, 1.82) is 0 Å². The van der Waals surface area contributed by atoms with Crippen LogP contribution in [0.5, 0.6) is 0 Å². The molecule has 0 radical (unpaired) electrons. The van der Waals surface area contributed by atoms with E-state index in [9.17, 15) is 33.5 Å². The van der Waals surface area contributed by atoms with Crippen molar-refractivity contribution in [3.05, 3.63) is 0 Å². The normalized spacial score (nSPS) is 22.9. The Morgan fingerprint density at radius 2 is 1.50 bits per heavy atom. The van der Waals surface area contributed by atoms with Crippen molar-refractivity contribution in [3.63, 3.8) is 0 Å². The minimum atomic E-state index is -5.25. The van der Waals surface area contributed by atoms with E-state index in [4.69, 9.17) is 0 Å². The Morgan fingerprint density at radius 1 is 1.11 bits per heavy atom. The van der Waals surface area contributed by atoms with Gasteiger partial charge in [0.05, 0.1) is 0 Å². The zero-order chi connectivity index (χ0) is 14.4. The quantitative estimate of drug-likeness (QED) is 0.470. The van der Waals surface area contributed by atoms with Gasteiger partial charge >= 0.3 is 15.2 Å². The van der Waals surface area contributed by atoms with Gasteiger partial charge in [-0.15, -0.1) is 0 Å². The van der Waals surface area contributed by atoms with Crippen LogP contribution >= 0.6 is 15.2 Å². The molecule has 1 heterocycles. The highest BCUT2D eigenvalue weighted by molar-refractivity contribution is 7.72. The first-order valence-corrected chi connectivity index (χ1v) is 8.62. The van der Waals surface area contributed by atoms with E-state index in [1.54, 1.807) is 13.8 Å². The summed E-state index contributed by atoms with van der Waals surface area (Å²) in [5.41, 5.74) is -1.46. The van der Waals surface area contributed by atoms with Crippen LogP contribution in [0.1, 0.15) is 33.1 Å². The molecule has 0 atom stereocenters. The fraction of sp³-hybridized carbons (Fsp3) is 0.875. The van der Waals surface area contributed by atoms with Crippen molar-refractivity contribution in [2.75, 3.05) is 0 Å². The average molecular weight is 301 g/mol. The smallest absolute Gasteiger partial charge is 0.329 e. The van der Waals surface area contributed by atoms with Crippen molar-refractivity contribution >= 4 is 21.1 Å². The largest absolute Gasteiger partial charge is 0.363 e. The summed E-state index contributed by atoms with van der Waals surface area (Å²) in [6.45, 7) is 3.09. The van der Waals surface area contributed by atoms with E-state index < -0.39 is 31.5 Å². The van der Waals surface area contributed by atoms with Crippen LogP contribution in [0.4, 0.5) is 0 Å². The van der Waals surface area contributed by atoms with Crippen LogP contribution in [-0.2, 0) is 13.9 Å². The van der Waals surface area contributed by atoms with Crippen LogP contribution < -0.4 is 5.32 Å². The molecule has 0 aromatic rings. The lowest BCUT2D eigenvalue weighted by Gasteiger charge is -2.43. The van der Waals surface area contributed by atoms with Gasteiger partial charge in [0.15, 0.2) is 0 Å². The Balaban J connectivity index is 3.67. The zero-order valence-electron chi connectivity index (χ0n) is 10.0. The second-order valence-corrected chi connectivity index (χ2v) is 8.34. The molecule has 1 rings (SSSR count). The lowest BCUT2D eigenvalue weighted by atomic mass is 9.81. The lowest BCUT2D eigenvalue weighted by Crippen LogP contribution is -2.51. The van der Waals surface area contributed by atoms with Crippen molar-refractivity contribution in [3.8, 4) is 0 Å². The van der Waals surface area contributed by atoms with Crippen LogP contribution in [0.25, 0.3) is 0 Å². The Kier molecular flexibility index (Phi) is 3.87. The van der Waals surface area contributed by atoms with Gasteiger partial charge in [0, 0.05) is 11.8 Å². The molecule has 0 saturated carbocycles. The Bertz CT molecular complexity index is 424. The summed E-state index contributed by atoms with van der Waals surface area (Å²) in [5.74, 6) is -0.759. The average Bonchev–Trinajstić information content (AvgIpc) is 2.51. The predicted octanol–water partition coefficient (Wildman–Crippen LogP) is 0.322. The number of rotatable bonds is 4. The fourth-order valence-corrected chi connectivity index (χ4v) is 6.65. The molecular weight excluding hydrogens is 284 g/mol. The SMILES string of the molecule is CCC1(CC)CC(=O)NC1(P(=O)(O)O)P(=O)(O)O. The Morgan fingerprint density at radius 3 is 1.72 bits per heavy atom. The maximum Gasteiger partial charge on any atom is 0.363 e. The molecule has 10 heteroatoms. The van der Waals surface area contributed by atoms with E-state index >= 15 is 0 Å². The van der Waals surface area contributed by atoms with E-state index in [1.165, 1.54) is 0 Å². The second-order valence-electron chi connectivity index (χ2n) is 4.47. The number of amides is 1. The lowest BCUT2D eigenvalue weighted by molar-refractivity contribution is -0.119. The molecule has 5 N–H and O–H groups in total. The maximum absolute atomic E-state index is 11.7. The molecule has 1 aliphatic rings. The Hall–Kier alpha value is -0.230. The van der Waals surface area contributed by atoms with E-state index in [2.05, 4.69) is 0 Å². The minimum Gasteiger partial charge on any atom is -0.329 e. The van der Waals surface area contributed by atoms with Gasteiger partial charge < -0.3 is 24.9 Å². The summed E-state index contributed by atoms with van der Waals surface area (Å²) in [4.78, 5) is 49.2. The van der Waals surface area contributed by atoms with Gasteiger partial charge in [-0.25, -0.2) is 0 Å². The highest BCUT2D eigenvalue weighted by Crippen LogP contribution is 2.77. The van der Waals surface area contributed by atoms with Gasteiger partial charge in [-0.2, -0.15) is 0 Å². The summed E-state index contributed by atoms with van der Waals surface area (Å²) in [5, 5.41) is -0.937. The molecule has 0 aromatic heterocycles. The minimum absolute atomic E-state index is 0.0679. The van der Waals surface area contributed by atoms with Crippen LogP contribution in [0.15, 0.2) is 0 Å². The summed E-state index contributed by atoms with van der Waals surface area (Å²) >= 11 is 0. The molecule has 1 saturated heterocycles. The summed E-state index contributed by atoms with van der Waals surface area (Å²) in [7, 11) is -10.5. The molecule has 1 aliphatic heterocycles. The van der Waals surface area contributed by atoms with Crippen LogP contribution in [0.2, 0.25) is 0 Å². The number of hydrogen-bond acceptors (Lipinski definition) is 3. The van der Waals surface area contributed by atoms with E-state index in [0.29, 0.717) is 0 Å². The first kappa shape index (κ1) is 15.8. The molecular formula is C8H17NO7P2. The third-order valence-corrected chi connectivity index (χ3v) is 8.17. The van der Waals surface area contributed by atoms with Gasteiger partial charge in [-0.05, 0) is 12.8 Å². The monoisotopic (exact) mass is 301 g/mol. The first-order valence-electron chi connectivity index (χ1n) is 5.39. The third-order valence-electron chi connectivity index (χ3n) is 3.75. The van der Waals surface area contributed by atoms with Crippen molar-refractivity contribution in [1.82, 2.24) is 5.32 Å². The van der Waals surface area contributed by atoms with E-state index in [1.807, 2.05) is 5.32 Å². The molecule has 0 spiro atoms. The molecule has 8 nitrogen and oxygen atoms in total. The predicted molar refractivity (Wildman–Crippen MR) is 62.6 cm³/mol. The summed E-state index contributed by atoms with van der Waals surface area (Å²) in [6.07, 6.45) is -0.173. The van der Waals surface area contributed by atoms with Crippen LogP contribution in [-0.4, -0.2) is 30.5 Å². The highest BCUT2D eigenvalue weighted by atomic mass is 31.2. The summed E-state index contributed by atoms with van der Waals surface area (Å²) in [6, 6.07) is 0. The highest BCUT2D eigenvalue weighted by Gasteiger charge is 2.74.